The quantitative estimate of drug-likeness (QED) is 0.793. The number of benzene rings is 1. The first-order valence-electron chi connectivity index (χ1n) is 9.80. The fourth-order valence-corrected chi connectivity index (χ4v) is 3.57. The molecule has 2 N–H and O–H groups in total. The standard InChI is InChI=1S/C21H29FN4O.ClH/c1-15(2)13-26-21(27)18(14-25-8-4-3-5-9-25)11-20(24-26)16-6-7-19(22)17(10-16)12-23;/h6-7,10-11,15H,3-5,8-9,12-14,23H2,1-2H3;1H. The summed E-state index contributed by atoms with van der Waals surface area (Å²) in [7, 11) is 0. The van der Waals surface area contributed by atoms with Gasteiger partial charge in [0.1, 0.15) is 5.82 Å². The van der Waals surface area contributed by atoms with Gasteiger partial charge >= 0.3 is 0 Å². The highest BCUT2D eigenvalue weighted by molar-refractivity contribution is 5.85. The number of nitrogens with two attached hydrogens (primary N) is 1. The summed E-state index contributed by atoms with van der Waals surface area (Å²) < 4.78 is 15.4. The maximum absolute atomic E-state index is 13.8. The molecule has 0 radical (unpaired) electrons. The van der Waals surface area contributed by atoms with Gasteiger partial charge in [-0.3, -0.25) is 9.69 Å². The number of aromatic nitrogens is 2. The number of nitrogens with zero attached hydrogens (tertiary/aromatic N) is 3. The van der Waals surface area contributed by atoms with E-state index in [1.165, 1.54) is 25.3 Å². The zero-order chi connectivity index (χ0) is 19.4. The Labute approximate surface area is 172 Å². The number of piperidine rings is 1. The van der Waals surface area contributed by atoms with Gasteiger partial charge in [-0.25, -0.2) is 9.07 Å². The van der Waals surface area contributed by atoms with Crippen molar-refractivity contribution >= 4 is 12.4 Å². The van der Waals surface area contributed by atoms with Crippen LogP contribution in [0.1, 0.15) is 44.2 Å². The third-order valence-electron chi connectivity index (χ3n) is 4.99. The summed E-state index contributed by atoms with van der Waals surface area (Å²) >= 11 is 0. The minimum absolute atomic E-state index is 0. The Hall–Kier alpha value is -1.76. The fourth-order valence-electron chi connectivity index (χ4n) is 3.57. The second kappa shape index (κ2) is 10.1. The van der Waals surface area contributed by atoms with Crippen LogP contribution in [0.25, 0.3) is 11.3 Å². The van der Waals surface area contributed by atoms with Crippen LogP contribution in [0.3, 0.4) is 0 Å². The van der Waals surface area contributed by atoms with Crippen molar-refractivity contribution in [2.75, 3.05) is 13.1 Å². The summed E-state index contributed by atoms with van der Waals surface area (Å²) in [5, 5.41) is 4.56. The van der Waals surface area contributed by atoms with Gasteiger partial charge < -0.3 is 5.73 Å². The molecule has 1 aromatic heterocycles. The van der Waals surface area contributed by atoms with Crippen LogP contribution in [0.5, 0.6) is 0 Å². The summed E-state index contributed by atoms with van der Waals surface area (Å²) in [6.07, 6.45) is 3.61. The van der Waals surface area contributed by atoms with E-state index in [2.05, 4.69) is 23.8 Å². The van der Waals surface area contributed by atoms with Gasteiger partial charge in [-0.15, -0.1) is 12.4 Å². The van der Waals surface area contributed by atoms with Crippen LogP contribution in [0.4, 0.5) is 4.39 Å². The molecule has 2 heterocycles. The summed E-state index contributed by atoms with van der Waals surface area (Å²) in [5.74, 6) is -0.00796. The zero-order valence-corrected chi connectivity index (χ0v) is 17.5. The molecule has 0 amide bonds. The van der Waals surface area contributed by atoms with Crippen molar-refractivity contribution in [3.8, 4) is 11.3 Å². The summed E-state index contributed by atoms with van der Waals surface area (Å²) in [4.78, 5) is 15.3. The van der Waals surface area contributed by atoms with E-state index >= 15 is 0 Å². The largest absolute Gasteiger partial charge is 0.326 e. The number of rotatable bonds is 6. The molecule has 1 aliphatic rings. The Kier molecular flexibility index (Phi) is 8.16. The van der Waals surface area contributed by atoms with Gasteiger partial charge in [0.2, 0.25) is 0 Å². The lowest BCUT2D eigenvalue weighted by atomic mass is 10.1. The van der Waals surface area contributed by atoms with Gasteiger partial charge in [0.15, 0.2) is 0 Å². The van der Waals surface area contributed by atoms with Crippen molar-refractivity contribution in [3.05, 3.63) is 51.6 Å². The van der Waals surface area contributed by atoms with Gasteiger partial charge in [-0.2, -0.15) is 5.10 Å². The topological polar surface area (TPSA) is 64.2 Å². The number of hydrogen-bond donors (Lipinski definition) is 1. The van der Waals surface area contributed by atoms with E-state index in [4.69, 9.17) is 5.73 Å². The number of hydrogen-bond acceptors (Lipinski definition) is 4. The van der Waals surface area contributed by atoms with Gasteiger partial charge in [0.25, 0.3) is 5.56 Å². The van der Waals surface area contributed by atoms with Crippen LogP contribution in [0.2, 0.25) is 0 Å². The van der Waals surface area contributed by atoms with Crippen molar-refractivity contribution in [2.24, 2.45) is 11.7 Å². The summed E-state index contributed by atoms with van der Waals surface area (Å²) in [6, 6.07) is 6.71. The first-order chi connectivity index (χ1) is 13.0. The van der Waals surface area contributed by atoms with Crippen molar-refractivity contribution in [1.29, 1.82) is 0 Å². The average Bonchev–Trinajstić information content (AvgIpc) is 2.65. The third kappa shape index (κ3) is 5.40. The second-order valence-corrected chi connectivity index (χ2v) is 7.78. The van der Waals surface area contributed by atoms with Crippen molar-refractivity contribution in [2.45, 2.75) is 52.7 Å². The Morgan fingerprint density at radius 1 is 1.14 bits per heavy atom. The highest BCUT2D eigenvalue weighted by Gasteiger charge is 2.16. The lowest BCUT2D eigenvalue weighted by molar-refractivity contribution is 0.219. The normalized spacial score (nSPS) is 14.9. The summed E-state index contributed by atoms with van der Waals surface area (Å²) in [6.45, 7) is 7.50. The molecule has 0 aliphatic carbocycles. The van der Waals surface area contributed by atoms with Crippen LogP contribution in [-0.2, 0) is 19.6 Å². The fraction of sp³-hybridized carbons (Fsp3) is 0.524. The number of likely N-dealkylation sites (tertiary alicyclic amines) is 1. The first kappa shape index (κ1) is 22.5. The van der Waals surface area contributed by atoms with E-state index in [1.54, 1.807) is 16.8 Å². The minimum atomic E-state index is -0.315. The Balaban J connectivity index is 0.00000280. The molecule has 154 valence electrons. The van der Waals surface area contributed by atoms with E-state index < -0.39 is 0 Å². The SMILES string of the molecule is CC(C)Cn1nc(-c2ccc(F)c(CN)c2)cc(CN2CCCCC2)c1=O.Cl. The lowest BCUT2D eigenvalue weighted by Gasteiger charge is -2.26. The molecular formula is C21H30ClFN4O. The van der Waals surface area contributed by atoms with Gasteiger partial charge in [0.05, 0.1) is 5.69 Å². The molecule has 0 spiro atoms. The van der Waals surface area contributed by atoms with Crippen LogP contribution < -0.4 is 11.3 Å². The van der Waals surface area contributed by atoms with Crippen molar-refractivity contribution in [1.82, 2.24) is 14.7 Å². The molecule has 1 saturated heterocycles. The van der Waals surface area contributed by atoms with Gasteiger partial charge in [-0.05, 0) is 56.1 Å². The van der Waals surface area contributed by atoms with Crippen LogP contribution in [0, 0.1) is 11.7 Å². The molecule has 0 saturated carbocycles. The number of halogens is 2. The van der Waals surface area contributed by atoms with Gasteiger partial charge in [-0.1, -0.05) is 20.3 Å². The molecule has 1 fully saturated rings. The highest BCUT2D eigenvalue weighted by atomic mass is 35.5. The summed E-state index contributed by atoms with van der Waals surface area (Å²) in [5.41, 5.74) is 8.30. The first-order valence-corrected chi connectivity index (χ1v) is 9.80. The van der Waals surface area contributed by atoms with E-state index in [1.807, 2.05) is 6.07 Å². The molecule has 0 unspecified atom stereocenters. The molecule has 1 aromatic carbocycles. The smallest absolute Gasteiger partial charge is 0.271 e. The zero-order valence-electron chi connectivity index (χ0n) is 16.7. The maximum atomic E-state index is 13.8. The monoisotopic (exact) mass is 408 g/mol. The predicted octanol–water partition coefficient (Wildman–Crippen LogP) is 3.57. The molecule has 0 bridgehead atoms. The van der Waals surface area contributed by atoms with Crippen molar-refractivity contribution in [3.63, 3.8) is 0 Å². The molecule has 1 aliphatic heterocycles. The molecule has 7 heteroatoms. The maximum Gasteiger partial charge on any atom is 0.271 e. The molecule has 2 aromatic rings. The second-order valence-electron chi connectivity index (χ2n) is 7.78. The Morgan fingerprint density at radius 2 is 1.86 bits per heavy atom. The Morgan fingerprint density at radius 3 is 2.50 bits per heavy atom. The minimum Gasteiger partial charge on any atom is -0.326 e. The average molecular weight is 409 g/mol. The van der Waals surface area contributed by atoms with Crippen LogP contribution >= 0.6 is 12.4 Å². The molecule has 0 atom stereocenters. The molecule has 5 nitrogen and oxygen atoms in total. The van der Waals surface area contributed by atoms with E-state index in [-0.39, 0.29) is 30.3 Å². The van der Waals surface area contributed by atoms with E-state index in [9.17, 15) is 9.18 Å². The Bertz CT molecular complexity index is 847. The highest BCUT2D eigenvalue weighted by Crippen LogP contribution is 2.21. The lowest BCUT2D eigenvalue weighted by Crippen LogP contribution is -2.35. The molecule has 28 heavy (non-hydrogen) atoms. The van der Waals surface area contributed by atoms with E-state index in [0.29, 0.717) is 30.3 Å². The predicted molar refractivity (Wildman–Crippen MR) is 113 cm³/mol. The third-order valence-corrected chi connectivity index (χ3v) is 4.99. The van der Waals surface area contributed by atoms with Gasteiger partial charge in [0, 0.05) is 36.3 Å². The van der Waals surface area contributed by atoms with Crippen LogP contribution in [0.15, 0.2) is 29.1 Å². The molecular weight excluding hydrogens is 379 g/mol. The van der Waals surface area contributed by atoms with Crippen LogP contribution in [-0.4, -0.2) is 27.8 Å². The molecule has 3 rings (SSSR count). The van der Waals surface area contributed by atoms with E-state index in [0.717, 1.165) is 24.2 Å². The van der Waals surface area contributed by atoms with Crippen molar-refractivity contribution < 1.29 is 4.39 Å².